The first-order chi connectivity index (χ1) is 31.1. The molecule has 64 heavy (non-hydrogen) atoms. The zero-order chi connectivity index (χ0) is 47.0. The molecule has 1 amide bonds. The second-order valence-electron chi connectivity index (χ2n) is 17.7. The van der Waals surface area contributed by atoms with Crippen molar-refractivity contribution >= 4 is 25.7 Å². The lowest BCUT2D eigenvalue weighted by Gasteiger charge is -2.18. The van der Waals surface area contributed by atoms with Crippen LogP contribution in [-0.4, -0.2) is 64.9 Å². The van der Waals surface area contributed by atoms with Gasteiger partial charge >= 0.3 is 19.8 Å². The van der Waals surface area contributed by atoms with Crippen molar-refractivity contribution in [2.75, 3.05) is 19.8 Å². The maximum Gasteiger partial charge on any atom is 0.472 e. The molecular weight excluding hydrogens is 830 g/mol. The number of nitrogens with one attached hydrogen (secondary N) is 1. The lowest BCUT2D eigenvalue weighted by atomic mass is 10.0. The number of aliphatic hydroxyl groups excluding tert-OH is 1. The topological polar surface area (TPSA) is 169 Å². The predicted molar refractivity (Wildman–Crippen MR) is 263 cm³/mol. The lowest BCUT2D eigenvalue weighted by molar-refractivity contribution is -0.147. The first-order valence-corrected chi connectivity index (χ1v) is 27.5. The molecule has 0 saturated heterocycles. The minimum Gasteiger partial charge on any atom is -0.480 e. The van der Waals surface area contributed by atoms with Crippen LogP contribution in [0.1, 0.15) is 245 Å². The van der Waals surface area contributed by atoms with Gasteiger partial charge in [-0.1, -0.05) is 198 Å². The van der Waals surface area contributed by atoms with Crippen LogP contribution < -0.4 is 5.32 Å². The summed E-state index contributed by atoms with van der Waals surface area (Å²) in [6, 6.07) is -1.55. The summed E-state index contributed by atoms with van der Waals surface area (Å²) in [6.45, 7) is 2.60. The Kier molecular flexibility index (Phi) is 45.5. The molecule has 3 atom stereocenters. The van der Waals surface area contributed by atoms with Crippen LogP contribution in [0.4, 0.5) is 0 Å². The fraction of sp³-hybridized carbons (Fsp3) is 0.827. The number of carbonyl (C=O) groups excluding carboxylic acids is 2. The fourth-order valence-corrected chi connectivity index (χ4v) is 8.11. The molecule has 0 rings (SSSR count). The van der Waals surface area contributed by atoms with Gasteiger partial charge in [-0.05, 0) is 70.6 Å². The van der Waals surface area contributed by atoms with Crippen molar-refractivity contribution in [3.05, 3.63) is 36.5 Å². The third kappa shape index (κ3) is 46.2. The SMILES string of the molecule is CCCCC/C=C\C/C=C\CCCCCCCCCCCCCCCC(=O)NC(COP(=O)(O)OCC(O)COC(=O)CCCCCCCCC/C=C\CCCCCCCC)C(=O)O. The number of allylic oxidation sites excluding steroid dienone is 6. The number of esters is 1. The molecule has 11 nitrogen and oxygen atoms in total. The van der Waals surface area contributed by atoms with Gasteiger partial charge in [0.05, 0.1) is 13.2 Å². The Balaban J connectivity index is 3.81. The number of carbonyl (C=O) groups is 3. The van der Waals surface area contributed by atoms with Crippen molar-refractivity contribution in [3.8, 4) is 0 Å². The quantitative estimate of drug-likeness (QED) is 0.0199. The summed E-state index contributed by atoms with van der Waals surface area (Å²) < 4.78 is 26.9. The number of phosphoric ester groups is 1. The highest BCUT2D eigenvalue weighted by Crippen LogP contribution is 2.43. The van der Waals surface area contributed by atoms with E-state index in [9.17, 15) is 34.1 Å². The minimum atomic E-state index is -4.76. The molecule has 0 aliphatic carbocycles. The molecule has 0 aromatic rings. The zero-order valence-corrected chi connectivity index (χ0v) is 41.7. The Labute approximate surface area is 391 Å². The monoisotopic (exact) mass is 926 g/mol. The third-order valence-electron chi connectivity index (χ3n) is 11.4. The normalized spacial score (nSPS) is 13.8. The molecule has 0 spiro atoms. The minimum absolute atomic E-state index is 0.145. The van der Waals surface area contributed by atoms with Crippen LogP contribution >= 0.6 is 7.82 Å². The molecule has 0 aromatic carbocycles. The highest BCUT2D eigenvalue weighted by Gasteiger charge is 2.28. The molecule has 3 unspecified atom stereocenters. The first kappa shape index (κ1) is 61.7. The van der Waals surface area contributed by atoms with Gasteiger partial charge in [0.25, 0.3) is 0 Å². The van der Waals surface area contributed by atoms with E-state index in [0.29, 0.717) is 12.8 Å². The molecule has 374 valence electrons. The van der Waals surface area contributed by atoms with E-state index >= 15 is 0 Å². The van der Waals surface area contributed by atoms with Gasteiger partial charge in [0.2, 0.25) is 5.91 Å². The van der Waals surface area contributed by atoms with Crippen molar-refractivity contribution in [2.24, 2.45) is 0 Å². The molecule has 0 fully saturated rings. The van der Waals surface area contributed by atoms with E-state index in [1.54, 1.807) is 0 Å². The van der Waals surface area contributed by atoms with Gasteiger partial charge in [0, 0.05) is 12.8 Å². The number of hydrogen-bond donors (Lipinski definition) is 4. The van der Waals surface area contributed by atoms with Crippen LogP contribution in [-0.2, 0) is 32.7 Å². The fourth-order valence-electron chi connectivity index (χ4n) is 7.34. The Morgan fingerprint density at radius 1 is 0.500 bits per heavy atom. The number of aliphatic hydroxyl groups is 1. The van der Waals surface area contributed by atoms with E-state index in [1.807, 2.05) is 0 Å². The number of hydrogen-bond acceptors (Lipinski definition) is 8. The first-order valence-electron chi connectivity index (χ1n) is 26.0. The maximum atomic E-state index is 12.4. The van der Waals surface area contributed by atoms with Gasteiger partial charge in [-0.15, -0.1) is 0 Å². The molecule has 0 saturated carbocycles. The number of ether oxygens (including phenoxy) is 1. The predicted octanol–water partition coefficient (Wildman–Crippen LogP) is 14.3. The van der Waals surface area contributed by atoms with Gasteiger partial charge in [0.1, 0.15) is 12.7 Å². The van der Waals surface area contributed by atoms with Gasteiger partial charge in [-0.25, -0.2) is 9.36 Å². The number of amides is 1. The standard InChI is InChI=1S/C52H96NO10P/c1-3-5-7-9-11-13-15-17-19-21-22-23-24-25-26-28-29-31-33-35-37-39-41-43-50(55)53-49(52(57)58)47-63-64(59,60)62-46-48(54)45-61-51(56)44-42-40-38-36-34-32-30-27-20-18-16-14-12-10-8-6-4-2/h11,13,17-20,48-49,54H,3-10,12,14-16,21-47H2,1-2H3,(H,53,55)(H,57,58)(H,59,60)/b13-11-,19-17-,20-18-. The van der Waals surface area contributed by atoms with Crippen molar-refractivity contribution in [1.29, 1.82) is 0 Å². The van der Waals surface area contributed by atoms with Crippen LogP contribution in [0.15, 0.2) is 36.5 Å². The van der Waals surface area contributed by atoms with Crippen LogP contribution in [0.2, 0.25) is 0 Å². The molecule has 0 aliphatic heterocycles. The third-order valence-corrected chi connectivity index (χ3v) is 12.4. The van der Waals surface area contributed by atoms with E-state index in [1.165, 1.54) is 154 Å². The molecule has 0 radical (unpaired) electrons. The van der Waals surface area contributed by atoms with Gasteiger partial charge in [-0.2, -0.15) is 0 Å². The van der Waals surface area contributed by atoms with Gasteiger partial charge in [0.15, 0.2) is 6.04 Å². The number of aliphatic carboxylic acids is 1. The number of rotatable bonds is 49. The summed E-state index contributed by atoms with van der Waals surface area (Å²) in [5.41, 5.74) is 0. The number of unbranched alkanes of at least 4 members (excludes halogenated alkanes) is 29. The van der Waals surface area contributed by atoms with Crippen LogP contribution in [0.5, 0.6) is 0 Å². The molecule has 0 heterocycles. The largest absolute Gasteiger partial charge is 0.480 e. The van der Waals surface area contributed by atoms with E-state index < -0.39 is 57.6 Å². The smallest absolute Gasteiger partial charge is 0.472 e. The maximum absolute atomic E-state index is 12.4. The van der Waals surface area contributed by atoms with Gasteiger partial charge in [-0.3, -0.25) is 18.6 Å². The Bertz CT molecular complexity index is 1220. The zero-order valence-electron chi connectivity index (χ0n) is 40.8. The van der Waals surface area contributed by atoms with Crippen molar-refractivity contribution < 1.29 is 47.8 Å². The van der Waals surface area contributed by atoms with E-state index in [2.05, 4.69) is 55.6 Å². The highest BCUT2D eigenvalue weighted by atomic mass is 31.2. The number of phosphoric acid groups is 1. The summed E-state index contributed by atoms with van der Waals surface area (Å²) in [4.78, 5) is 46.1. The van der Waals surface area contributed by atoms with E-state index in [-0.39, 0.29) is 12.8 Å². The van der Waals surface area contributed by atoms with Crippen LogP contribution in [0.25, 0.3) is 0 Å². The average Bonchev–Trinajstić information content (AvgIpc) is 3.27. The molecule has 0 aliphatic rings. The van der Waals surface area contributed by atoms with Crippen molar-refractivity contribution in [3.63, 3.8) is 0 Å². The summed E-state index contributed by atoms with van der Waals surface area (Å²) in [5.74, 6) is -2.37. The van der Waals surface area contributed by atoms with Crippen molar-refractivity contribution in [2.45, 2.75) is 257 Å². The summed E-state index contributed by atoms with van der Waals surface area (Å²) >= 11 is 0. The number of carboxylic acid groups (broad SMARTS) is 1. The molecule has 4 N–H and O–H groups in total. The van der Waals surface area contributed by atoms with Crippen LogP contribution in [0.3, 0.4) is 0 Å². The Morgan fingerprint density at radius 3 is 1.31 bits per heavy atom. The van der Waals surface area contributed by atoms with Crippen molar-refractivity contribution in [1.82, 2.24) is 5.32 Å². The summed E-state index contributed by atoms with van der Waals surface area (Å²) in [6.07, 6.45) is 53.0. The second kappa shape index (κ2) is 47.2. The average molecular weight is 926 g/mol. The highest BCUT2D eigenvalue weighted by molar-refractivity contribution is 7.47. The lowest BCUT2D eigenvalue weighted by Crippen LogP contribution is -2.43. The Hall–Kier alpha value is -2.30. The van der Waals surface area contributed by atoms with E-state index in [4.69, 9.17) is 13.8 Å². The van der Waals surface area contributed by atoms with E-state index in [0.717, 1.165) is 51.4 Å². The van der Waals surface area contributed by atoms with Gasteiger partial charge < -0.3 is 25.2 Å². The summed E-state index contributed by atoms with van der Waals surface area (Å²) in [7, 11) is -4.76. The van der Waals surface area contributed by atoms with Crippen LogP contribution in [0, 0.1) is 0 Å². The second-order valence-corrected chi connectivity index (χ2v) is 19.2. The molecular formula is C52H96NO10P. The Morgan fingerprint density at radius 2 is 0.859 bits per heavy atom. The molecule has 12 heteroatoms. The molecule has 0 bridgehead atoms. The molecule has 0 aromatic heterocycles. The number of carboxylic acids is 1. The summed E-state index contributed by atoms with van der Waals surface area (Å²) in [5, 5.41) is 21.9.